The largest absolute Gasteiger partial charge is 0.292 e. The third-order valence-electron chi connectivity index (χ3n) is 8.28. The molecule has 2 heteroatoms. The highest BCUT2D eigenvalue weighted by molar-refractivity contribution is 6.14. The summed E-state index contributed by atoms with van der Waals surface area (Å²) >= 11 is 0. The minimum Gasteiger partial charge on any atom is -0.292 e. The van der Waals surface area contributed by atoms with E-state index in [4.69, 9.17) is 4.98 Å². The molecule has 0 aliphatic heterocycles. The average molecular weight is 445 g/mol. The molecule has 0 bridgehead atoms. The number of fused-ring (bicyclic) bond motifs is 16. The Morgan fingerprint density at radius 3 is 2.06 bits per heavy atom. The van der Waals surface area contributed by atoms with Crippen molar-refractivity contribution in [3.63, 3.8) is 0 Å². The Balaban J connectivity index is 1.36. The van der Waals surface area contributed by atoms with Crippen LogP contribution < -0.4 is 0 Å². The van der Waals surface area contributed by atoms with Gasteiger partial charge in [0.05, 0.1) is 16.6 Å². The van der Waals surface area contributed by atoms with Crippen molar-refractivity contribution >= 4 is 38.4 Å². The summed E-state index contributed by atoms with van der Waals surface area (Å²) in [4.78, 5) is 5.34. The first kappa shape index (κ1) is 18.0. The molecule has 162 valence electrons. The Morgan fingerprint density at radius 1 is 0.486 bits per heavy atom. The van der Waals surface area contributed by atoms with Gasteiger partial charge in [0.25, 0.3) is 0 Å². The molecule has 35 heavy (non-hydrogen) atoms. The molecule has 0 fully saturated rings. The van der Waals surface area contributed by atoms with Gasteiger partial charge in [-0.3, -0.25) is 4.40 Å². The number of imidazole rings is 1. The van der Waals surface area contributed by atoms with Crippen LogP contribution in [-0.2, 0) is 12.8 Å². The van der Waals surface area contributed by atoms with Gasteiger partial charge in [0.15, 0.2) is 0 Å². The van der Waals surface area contributed by atoms with Gasteiger partial charge in [-0.2, -0.15) is 0 Å². The predicted molar refractivity (Wildman–Crippen MR) is 144 cm³/mol. The lowest BCUT2D eigenvalue weighted by Crippen LogP contribution is -1.91. The molecule has 9 rings (SSSR count). The normalized spacial score (nSPS) is 13.5. The quantitative estimate of drug-likeness (QED) is 0.217. The minimum atomic E-state index is 0.957. The van der Waals surface area contributed by atoms with Crippen LogP contribution in [0.5, 0.6) is 0 Å². The van der Waals surface area contributed by atoms with Gasteiger partial charge < -0.3 is 0 Å². The first-order chi connectivity index (χ1) is 17.4. The fourth-order valence-corrected chi connectivity index (χ4v) is 6.77. The molecular formula is C33H20N2. The van der Waals surface area contributed by atoms with E-state index in [9.17, 15) is 0 Å². The number of benzene rings is 5. The Kier molecular flexibility index (Phi) is 3.16. The van der Waals surface area contributed by atoms with Crippen LogP contribution in [0.2, 0.25) is 0 Å². The first-order valence-electron chi connectivity index (χ1n) is 12.3. The second kappa shape index (κ2) is 6.17. The van der Waals surface area contributed by atoms with Gasteiger partial charge in [0.1, 0.15) is 5.65 Å². The van der Waals surface area contributed by atoms with Gasteiger partial charge in [0.2, 0.25) is 0 Å². The van der Waals surface area contributed by atoms with Crippen molar-refractivity contribution in [3.8, 4) is 22.3 Å². The molecule has 0 spiro atoms. The monoisotopic (exact) mass is 444 g/mol. The van der Waals surface area contributed by atoms with Crippen LogP contribution in [0.1, 0.15) is 22.3 Å². The van der Waals surface area contributed by atoms with Crippen LogP contribution in [0, 0.1) is 0 Å². The van der Waals surface area contributed by atoms with Crippen LogP contribution in [-0.4, -0.2) is 9.38 Å². The second-order valence-corrected chi connectivity index (χ2v) is 9.92. The fraction of sp³-hybridized carbons (Fsp3) is 0.0606. The van der Waals surface area contributed by atoms with Gasteiger partial charge in [0, 0.05) is 17.2 Å². The highest BCUT2D eigenvalue weighted by Gasteiger charge is 2.30. The molecule has 2 nitrogen and oxygen atoms in total. The van der Waals surface area contributed by atoms with Gasteiger partial charge in [-0.15, -0.1) is 0 Å². The van der Waals surface area contributed by atoms with Crippen molar-refractivity contribution in [1.29, 1.82) is 0 Å². The Morgan fingerprint density at radius 2 is 1.14 bits per heavy atom. The lowest BCUT2D eigenvalue weighted by molar-refractivity contribution is 1.17. The topological polar surface area (TPSA) is 17.3 Å². The van der Waals surface area contributed by atoms with E-state index in [0.29, 0.717) is 0 Å². The number of para-hydroxylation sites is 1. The van der Waals surface area contributed by atoms with Crippen molar-refractivity contribution < 1.29 is 0 Å². The molecule has 0 atom stereocenters. The third-order valence-corrected chi connectivity index (χ3v) is 8.28. The van der Waals surface area contributed by atoms with E-state index in [1.165, 1.54) is 71.7 Å². The van der Waals surface area contributed by atoms with Gasteiger partial charge >= 0.3 is 0 Å². The molecule has 0 saturated heterocycles. The summed E-state index contributed by atoms with van der Waals surface area (Å²) in [5.74, 6) is 0. The first-order valence-corrected chi connectivity index (χ1v) is 12.3. The van der Waals surface area contributed by atoms with Gasteiger partial charge in [-0.1, -0.05) is 84.9 Å². The fourth-order valence-electron chi connectivity index (χ4n) is 6.77. The zero-order valence-corrected chi connectivity index (χ0v) is 19.0. The van der Waals surface area contributed by atoms with Crippen LogP contribution in [0.3, 0.4) is 0 Å². The summed E-state index contributed by atoms with van der Waals surface area (Å²) < 4.78 is 2.37. The number of hydrogen-bond acceptors (Lipinski definition) is 1. The van der Waals surface area contributed by atoms with E-state index in [2.05, 4.69) is 101 Å². The molecule has 0 unspecified atom stereocenters. The Hall–Kier alpha value is -4.43. The average Bonchev–Trinajstić information content (AvgIpc) is 3.60. The van der Waals surface area contributed by atoms with E-state index < -0.39 is 0 Å². The zero-order chi connectivity index (χ0) is 22.7. The number of hydrogen-bond donors (Lipinski definition) is 0. The third kappa shape index (κ3) is 2.14. The smallest absolute Gasteiger partial charge is 0.146 e. The van der Waals surface area contributed by atoms with Crippen molar-refractivity contribution in [2.24, 2.45) is 0 Å². The van der Waals surface area contributed by atoms with Crippen molar-refractivity contribution in [1.82, 2.24) is 9.38 Å². The molecule has 7 aromatic rings. The molecule has 0 radical (unpaired) electrons. The molecule has 2 aliphatic rings. The van der Waals surface area contributed by atoms with E-state index in [1.807, 2.05) is 0 Å². The standard InChI is InChI=1S/C33H20N2/c1-2-8-20-19(7-1)17-27-22(20)13-14-23-24-15-16-31-32(29(24)18-28(23)27)34-33-26-11-4-3-9-21(26)25-10-5-6-12-30(25)35(31)33/h1-16H,17-18H2. The van der Waals surface area contributed by atoms with Crippen LogP contribution in [0.25, 0.3) is 60.6 Å². The lowest BCUT2D eigenvalue weighted by atomic mass is 9.96. The second-order valence-electron chi connectivity index (χ2n) is 9.92. The molecule has 0 saturated carbocycles. The Bertz CT molecular complexity index is 2060. The summed E-state index contributed by atoms with van der Waals surface area (Å²) in [5.41, 5.74) is 16.0. The number of pyridine rings is 1. The molecule has 2 heterocycles. The summed E-state index contributed by atoms with van der Waals surface area (Å²) in [6.45, 7) is 0. The number of nitrogens with zero attached hydrogens (tertiary/aromatic N) is 2. The molecule has 2 aliphatic carbocycles. The molecular weight excluding hydrogens is 424 g/mol. The van der Waals surface area contributed by atoms with Gasteiger partial charge in [-0.25, -0.2) is 4.98 Å². The van der Waals surface area contributed by atoms with Crippen LogP contribution in [0.15, 0.2) is 97.1 Å². The lowest BCUT2D eigenvalue weighted by Gasteiger charge is -2.09. The molecule has 2 aromatic heterocycles. The maximum Gasteiger partial charge on any atom is 0.146 e. The van der Waals surface area contributed by atoms with Crippen molar-refractivity contribution in [3.05, 3.63) is 119 Å². The SMILES string of the molecule is c1ccc2c(c1)Cc1c-2ccc2c1Cc1c-2ccc2c1nc1c3ccccc3c3ccccc3n21. The molecule has 5 aromatic carbocycles. The van der Waals surface area contributed by atoms with Crippen LogP contribution >= 0.6 is 0 Å². The van der Waals surface area contributed by atoms with Crippen molar-refractivity contribution in [2.45, 2.75) is 12.8 Å². The van der Waals surface area contributed by atoms with Crippen molar-refractivity contribution in [2.75, 3.05) is 0 Å². The zero-order valence-electron chi connectivity index (χ0n) is 19.0. The molecule has 0 N–H and O–H groups in total. The summed E-state index contributed by atoms with van der Waals surface area (Å²) in [6.07, 6.45) is 1.99. The summed E-state index contributed by atoms with van der Waals surface area (Å²) in [7, 11) is 0. The van der Waals surface area contributed by atoms with E-state index >= 15 is 0 Å². The highest BCUT2D eigenvalue weighted by Crippen LogP contribution is 2.48. The van der Waals surface area contributed by atoms with E-state index in [-0.39, 0.29) is 0 Å². The number of aromatic nitrogens is 2. The van der Waals surface area contributed by atoms with Crippen LogP contribution in [0.4, 0.5) is 0 Å². The number of rotatable bonds is 0. The highest BCUT2D eigenvalue weighted by atomic mass is 15.0. The predicted octanol–water partition coefficient (Wildman–Crippen LogP) is 7.94. The Labute approximate surface area is 202 Å². The van der Waals surface area contributed by atoms with E-state index in [0.717, 1.165) is 24.0 Å². The van der Waals surface area contributed by atoms with Gasteiger partial charge in [-0.05, 0) is 68.4 Å². The maximum absolute atomic E-state index is 5.34. The summed E-state index contributed by atoms with van der Waals surface area (Å²) in [5, 5.41) is 3.75. The maximum atomic E-state index is 5.34. The van der Waals surface area contributed by atoms with E-state index in [1.54, 1.807) is 0 Å². The minimum absolute atomic E-state index is 0.957. The molecule has 0 amide bonds. The summed E-state index contributed by atoms with van der Waals surface area (Å²) in [6, 6.07) is 35.6.